The lowest BCUT2D eigenvalue weighted by Crippen LogP contribution is -2.13. The molecule has 0 aliphatic heterocycles. The Balaban J connectivity index is 1.52. The van der Waals surface area contributed by atoms with E-state index in [9.17, 15) is 4.79 Å². The van der Waals surface area contributed by atoms with Crippen molar-refractivity contribution in [1.29, 1.82) is 0 Å². The summed E-state index contributed by atoms with van der Waals surface area (Å²) in [5, 5.41) is 5.87. The SMILES string of the molecule is COc1ccc(C(=O)Nc2ccc(Cl)c(Cl)c2)cc1COc1ccc2ccccc2c1. The topological polar surface area (TPSA) is 47.6 Å². The summed E-state index contributed by atoms with van der Waals surface area (Å²) < 4.78 is 11.4. The second kappa shape index (κ2) is 9.29. The number of carbonyl (C=O) groups is 1. The molecule has 0 atom stereocenters. The van der Waals surface area contributed by atoms with E-state index in [0.29, 0.717) is 27.0 Å². The highest BCUT2D eigenvalue weighted by Crippen LogP contribution is 2.27. The highest BCUT2D eigenvalue weighted by atomic mass is 35.5. The van der Waals surface area contributed by atoms with Gasteiger partial charge in [-0.3, -0.25) is 4.79 Å². The second-order valence-corrected chi connectivity index (χ2v) is 7.72. The number of ether oxygens (including phenoxy) is 2. The molecule has 31 heavy (non-hydrogen) atoms. The van der Waals surface area contributed by atoms with Crippen LogP contribution in [0.5, 0.6) is 11.5 Å². The zero-order chi connectivity index (χ0) is 21.8. The van der Waals surface area contributed by atoms with Crippen molar-refractivity contribution in [3.8, 4) is 11.5 Å². The Labute approximate surface area is 190 Å². The highest BCUT2D eigenvalue weighted by Gasteiger charge is 2.12. The lowest BCUT2D eigenvalue weighted by molar-refractivity contribution is 0.102. The van der Waals surface area contributed by atoms with Gasteiger partial charge in [0, 0.05) is 16.8 Å². The lowest BCUT2D eigenvalue weighted by Gasteiger charge is -2.13. The molecule has 4 aromatic rings. The van der Waals surface area contributed by atoms with Gasteiger partial charge in [0.1, 0.15) is 18.1 Å². The van der Waals surface area contributed by atoms with Gasteiger partial charge in [-0.2, -0.15) is 0 Å². The van der Waals surface area contributed by atoms with Gasteiger partial charge in [-0.15, -0.1) is 0 Å². The molecule has 0 saturated carbocycles. The zero-order valence-electron chi connectivity index (χ0n) is 16.7. The number of hydrogen-bond acceptors (Lipinski definition) is 3. The molecule has 1 amide bonds. The minimum absolute atomic E-state index is 0.259. The summed E-state index contributed by atoms with van der Waals surface area (Å²) >= 11 is 12.0. The van der Waals surface area contributed by atoms with E-state index in [1.54, 1.807) is 43.5 Å². The van der Waals surface area contributed by atoms with Gasteiger partial charge < -0.3 is 14.8 Å². The molecule has 0 heterocycles. The fraction of sp³-hybridized carbons (Fsp3) is 0.0800. The fourth-order valence-electron chi connectivity index (χ4n) is 3.23. The first kappa shape index (κ1) is 21.0. The fourth-order valence-corrected chi connectivity index (χ4v) is 3.53. The number of methoxy groups -OCH3 is 1. The maximum atomic E-state index is 12.7. The summed E-state index contributed by atoms with van der Waals surface area (Å²) in [5.41, 5.74) is 1.80. The predicted octanol–water partition coefficient (Wildman–Crippen LogP) is 6.99. The van der Waals surface area contributed by atoms with Crippen molar-refractivity contribution in [3.05, 3.63) is 100 Å². The number of rotatable bonds is 6. The van der Waals surface area contributed by atoms with E-state index in [2.05, 4.69) is 11.4 Å². The molecule has 0 fully saturated rings. The van der Waals surface area contributed by atoms with Crippen LogP contribution in [0.1, 0.15) is 15.9 Å². The zero-order valence-corrected chi connectivity index (χ0v) is 18.2. The summed E-state index contributed by atoms with van der Waals surface area (Å²) in [6, 6.07) is 24.2. The maximum absolute atomic E-state index is 12.7. The number of amides is 1. The predicted molar refractivity (Wildman–Crippen MR) is 126 cm³/mol. The number of carbonyl (C=O) groups excluding carboxylic acids is 1. The number of benzene rings is 4. The van der Waals surface area contributed by atoms with E-state index in [1.165, 1.54) is 0 Å². The first-order valence-corrected chi connectivity index (χ1v) is 10.3. The van der Waals surface area contributed by atoms with Gasteiger partial charge in [-0.25, -0.2) is 0 Å². The molecule has 0 saturated heterocycles. The van der Waals surface area contributed by atoms with Crippen LogP contribution in [0.2, 0.25) is 10.0 Å². The molecular formula is C25H19Cl2NO3. The molecule has 156 valence electrons. The minimum Gasteiger partial charge on any atom is -0.496 e. The second-order valence-electron chi connectivity index (χ2n) is 6.91. The molecule has 0 aromatic heterocycles. The molecule has 0 radical (unpaired) electrons. The van der Waals surface area contributed by atoms with E-state index >= 15 is 0 Å². The van der Waals surface area contributed by atoms with E-state index in [-0.39, 0.29) is 12.5 Å². The third-order valence-electron chi connectivity index (χ3n) is 4.84. The molecule has 6 heteroatoms. The molecule has 0 spiro atoms. The van der Waals surface area contributed by atoms with Gasteiger partial charge >= 0.3 is 0 Å². The van der Waals surface area contributed by atoms with Crippen LogP contribution in [0.15, 0.2) is 78.9 Å². The van der Waals surface area contributed by atoms with Crippen LogP contribution in [0.25, 0.3) is 10.8 Å². The first-order valence-electron chi connectivity index (χ1n) is 9.58. The molecular weight excluding hydrogens is 433 g/mol. The van der Waals surface area contributed by atoms with E-state index in [0.717, 1.165) is 22.1 Å². The van der Waals surface area contributed by atoms with E-state index in [1.807, 2.05) is 36.4 Å². The van der Waals surface area contributed by atoms with Crippen molar-refractivity contribution in [2.45, 2.75) is 6.61 Å². The lowest BCUT2D eigenvalue weighted by atomic mass is 10.1. The van der Waals surface area contributed by atoms with Crippen molar-refractivity contribution >= 4 is 45.6 Å². The monoisotopic (exact) mass is 451 g/mol. The number of halogens is 2. The van der Waals surface area contributed by atoms with Gasteiger partial charge in [0.05, 0.1) is 17.2 Å². The Morgan fingerprint density at radius 1 is 0.871 bits per heavy atom. The highest BCUT2D eigenvalue weighted by molar-refractivity contribution is 6.42. The third kappa shape index (κ3) is 4.93. The standard InChI is InChI=1S/C25H19Cl2NO3/c1-30-24-11-7-18(25(29)28-20-8-10-22(26)23(27)14-20)12-19(24)15-31-21-9-6-16-4-2-3-5-17(16)13-21/h2-14H,15H2,1H3,(H,28,29). The summed E-state index contributed by atoms with van der Waals surface area (Å²) in [5.74, 6) is 1.12. The molecule has 4 rings (SSSR count). The quantitative estimate of drug-likeness (QED) is 0.343. The van der Waals surface area contributed by atoms with Crippen LogP contribution in [0.4, 0.5) is 5.69 Å². The van der Waals surface area contributed by atoms with Gasteiger partial charge in [0.25, 0.3) is 5.91 Å². The third-order valence-corrected chi connectivity index (χ3v) is 5.57. The number of fused-ring (bicyclic) bond motifs is 1. The van der Waals surface area contributed by atoms with Crippen molar-refractivity contribution < 1.29 is 14.3 Å². The van der Waals surface area contributed by atoms with Crippen molar-refractivity contribution in [1.82, 2.24) is 0 Å². The van der Waals surface area contributed by atoms with Gasteiger partial charge in [-0.05, 0) is 59.3 Å². The van der Waals surface area contributed by atoms with Gasteiger partial charge in [0.15, 0.2) is 0 Å². The normalized spacial score (nSPS) is 10.7. The Hall–Kier alpha value is -3.21. The molecule has 4 aromatic carbocycles. The van der Waals surface area contributed by atoms with Crippen LogP contribution in [0.3, 0.4) is 0 Å². The average molecular weight is 452 g/mol. The van der Waals surface area contributed by atoms with Crippen LogP contribution in [-0.2, 0) is 6.61 Å². The summed E-state index contributed by atoms with van der Waals surface area (Å²) in [6.45, 7) is 0.259. The molecule has 0 aliphatic rings. The van der Waals surface area contributed by atoms with E-state index in [4.69, 9.17) is 32.7 Å². The Morgan fingerprint density at radius 3 is 2.45 bits per heavy atom. The first-order chi connectivity index (χ1) is 15.0. The Bertz CT molecular complexity index is 1260. The van der Waals surface area contributed by atoms with Crippen molar-refractivity contribution in [2.24, 2.45) is 0 Å². The Morgan fingerprint density at radius 2 is 1.68 bits per heavy atom. The molecule has 4 nitrogen and oxygen atoms in total. The largest absolute Gasteiger partial charge is 0.496 e. The van der Waals surface area contributed by atoms with Crippen LogP contribution >= 0.6 is 23.2 Å². The summed E-state index contributed by atoms with van der Waals surface area (Å²) in [7, 11) is 1.59. The van der Waals surface area contributed by atoms with Gasteiger partial charge in [0.2, 0.25) is 0 Å². The maximum Gasteiger partial charge on any atom is 0.255 e. The number of hydrogen-bond donors (Lipinski definition) is 1. The Kier molecular flexibility index (Phi) is 6.31. The smallest absolute Gasteiger partial charge is 0.255 e. The average Bonchev–Trinajstić information content (AvgIpc) is 2.79. The molecule has 0 unspecified atom stereocenters. The van der Waals surface area contributed by atoms with Crippen LogP contribution in [-0.4, -0.2) is 13.0 Å². The van der Waals surface area contributed by atoms with Crippen LogP contribution in [0, 0.1) is 0 Å². The molecule has 1 N–H and O–H groups in total. The molecule has 0 aliphatic carbocycles. The van der Waals surface area contributed by atoms with Crippen molar-refractivity contribution in [3.63, 3.8) is 0 Å². The summed E-state index contributed by atoms with van der Waals surface area (Å²) in [4.78, 5) is 12.7. The van der Waals surface area contributed by atoms with Crippen molar-refractivity contribution in [2.75, 3.05) is 12.4 Å². The van der Waals surface area contributed by atoms with Gasteiger partial charge in [-0.1, -0.05) is 53.5 Å². The van der Waals surface area contributed by atoms with Crippen LogP contribution < -0.4 is 14.8 Å². The number of nitrogens with one attached hydrogen (secondary N) is 1. The number of anilines is 1. The minimum atomic E-state index is -0.270. The molecule has 0 bridgehead atoms. The van der Waals surface area contributed by atoms with E-state index < -0.39 is 0 Å². The summed E-state index contributed by atoms with van der Waals surface area (Å²) in [6.07, 6.45) is 0.